The highest BCUT2D eigenvalue weighted by atomic mass is 79.9. The molecule has 43 heavy (non-hydrogen) atoms. The Bertz CT molecular complexity index is 1690. The maximum Gasteiger partial charge on any atom is 0.212 e. The molecule has 0 radical (unpaired) electrons. The third kappa shape index (κ3) is 5.60. The number of nitrogens with two attached hydrogens (primary N) is 3. The van der Waals surface area contributed by atoms with Crippen LogP contribution in [0, 0.1) is 17.8 Å². The quantitative estimate of drug-likeness (QED) is 0.162. The first-order valence-electron chi connectivity index (χ1n) is 14.5. The zero-order valence-corrected chi connectivity index (χ0v) is 28.2. The highest BCUT2D eigenvalue weighted by Gasteiger charge is 2.53. The SMILES string of the molecule is Nc1cc(Br)ccc1Oc1ccc(C23CC4CC(CC(C4)C2)C3)c(Oc2ccc(Br)cc2N)c1Oc1ccc(Br)cc1N. The Labute approximate surface area is 276 Å². The number of nitrogen functional groups attached to an aromatic ring is 3. The number of benzene rings is 4. The van der Waals surface area contributed by atoms with Gasteiger partial charge in [0.1, 0.15) is 0 Å². The lowest BCUT2D eigenvalue weighted by molar-refractivity contribution is -0.00610. The summed E-state index contributed by atoms with van der Waals surface area (Å²) in [6.45, 7) is 0. The third-order valence-electron chi connectivity index (χ3n) is 9.25. The van der Waals surface area contributed by atoms with Crippen LogP contribution in [0.3, 0.4) is 0 Å². The van der Waals surface area contributed by atoms with Crippen LogP contribution in [0.15, 0.2) is 80.1 Å². The third-order valence-corrected chi connectivity index (χ3v) is 10.7. The predicted octanol–water partition coefficient (Wildman–Crippen LogP) is 10.6. The summed E-state index contributed by atoms with van der Waals surface area (Å²) in [7, 11) is 0. The van der Waals surface area contributed by atoms with Crippen molar-refractivity contribution in [1.82, 2.24) is 0 Å². The van der Waals surface area contributed by atoms with E-state index in [0.29, 0.717) is 51.6 Å². The molecule has 0 unspecified atom stereocenters. The van der Waals surface area contributed by atoms with Crippen LogP contribution < -0.4 is 31.4 Å². The lowest BCUT2D eigenvalue weighted by Crippen LogP contribution is -2.48. The number of anilines is 3. The molecule has 8 rings (SSSR count). The van der Waals surface area contributed by atoms with Gasteiger partial charge in [-0.15, -0.1) is 0 Å². The van der Waals surface area contributed by atoms with Gasteiger partial charge in [-0.25, -0.2) is 0 Å². The van der Waals surface area contributed by atoms with Crippen LogP contribution in [0.4, 0.5) is 17.1 Å². The molecule has 4 aliphatic carbocycles. The lowest BCUT2D eigenvalue weighted by atomic mass is 9.48. The van der Waals surface area contributed by atoms with E-state index in [9.17, 15) is 0 Å². The molecule has 222 valence electrons. The maximum atomic E-state index is 6.84. The molecule has 4 aromatic rings. The zero-order valence-electron chi connectivity index (χ0n) is 23.4. The fraction of sp³-hybridized carbons (Fsp3) is 0.294. The molecule has 4 aliphatic rings. The number of hydrogen-bond acceptors (Lipinski definition) is 6. The molecule has 0 atom stereocenters. The van der Waals surface area contributed by atoms with Gasteiger partial charge in [-0.1, -0.05) is 53.9 Å². The average molecular weight is 770 g/mol. The van der Waals surface area contributed by atoms with E-state index in [0.717, 1.165) is 56.0 Å². The second kappa shape index (κ2) is 11.2. The maximum absolute atomic E-state index is 6.84. The van der Waals surface area contributed by atoms with E-state index in [1.807, 2.05) is 60.7 Å². The Morgan fingerprint density at radius 2 is 0.907 bits per heavy atom. The second-order valence-electron chi connectivity index (χ2n) is 12.3. The zero-order chi connectivity index (χ0) is 29.9. The van der Waals surface area contributed by atoms with Crippen molar-refractivity contribution in [3.8, 4) is 34.5 Å². The minimum absolute atomic E-state index is 0.00719. The Kier molecular flexibility index (Phi) is 7.54. The summed E-state index contributed by atoms with van der Waals surface area (Å²) in [6.07, 6.45) is 7.43. The smallest absolute Gasteiger partial charge is 0.212 e. The van der Waals surface area contributed by atoms with E-state index >= 15 is 0 Å². The summed E-state index contributed by atoms with van der Waals surface area (Å²) in [6, 6.07) is 20.9. The van der Waals surface area contributed by atoms with Crippen LogP contribution in [0.5, 0.6) is 34.5 Å². The van der Waals surface area contributed by atoms with Crippen molar-refractivity contribution in [2.24, 2.45) is 17.8 Å². The monoisotopic (exact) mass is 767 g/mol. The Hall–Kier alpha value is -2.88. The highest BCUT2D eigenvalue weighted by Crippen LogP contribution is 2.64. The number of hydrogen-bond donors (Lipinski definition) is 3. The van der Waals surface area contributed by atoms with Crippen LogP contribution in [0.2, 0.25) is 0 Å². The summed E-state index contributed by atoms with van der Waals surface area (Å²) in [5, 5.41) is 0. The molecule has 6 nitrogen and oxygen atoms in total. The molecule has 0 heterocycles. The summed E-state index contributed by atoms with van der Waals surface area (Å²) in [5.74, 6) is 5.27. The van der Waals surface area contributed by atoms with Gasteiger partial charge in [0.15, 0.2) is 28.7 Å². The molecule has 4 saturated carbocycles. The molecule has 0 aromatic heterocycles. The normalized spacial score (nSPS) is 23.7. The fourth-order valence-electron chi connectivity index (χ4n) is 7.86. The van der Waals surface area contributed by atoms with Gasteiger partial charge in [0.2, 0.25) is 5.75 Å². The lowest BCUT2D eigenvalue weighted by Gasteiger charge is -2.57. The highest BCUT2D eigenvalue weighted by molar-refractivity contribution is 9.11. The van der Waals surface area contributed by atoms with Gasteiger partial charge in [-0.3, -0.25) is 0 Å². The first-order valence-corrected chi connectivity index (χ1v) is 16.9. The van der Waals surface area contributed by atoms with Gasteiger partial charge in [0.05, 0.1) is 17.1 Å². The molecule has 0 aliphatic heterocycles. The van der Waals surface area contributed by atoms with Gasteiger partial charge in [0.25, 0.3) is 0 Å². The van der Waals surface area contributed by atoms with E-state index in [4.69, 9.17) is 31.4 Å². The summed E-state index contributed by atoms with van der Waals surface area (Å²) < 4.78 is 22.6. The van der Waals surface area contributed by atoms with Gasteiger partial charge < -0.3 is 31.4 Å². The molecule has 4 fully saturated rings. The number of rotatable bonds is 7. The fourth-order valence-corrected chi connectivity index (χ4v) is 8.99. The van der Waals surface area contributed by atoms with Crippen LogP contribution >= 0.6 is 47.8 Å². The molecule has 0 spiro atoms. The molecule has 4 bridgehead atoms. The van der Waals surface area contributed by atoms with Crippen molar-refractivity contribution in [2.75, 3.05) is 17.2 Å². The van der Waals surface area contributed by atoms with Crippen molar-refractivity contribution >= 4 is 64.9 Å². The summed E-state index contributed by atoms with van der Waals surface area (Å²) in [5.41, 5.74) is 21.9. The van der Waals surface area contributed by atoms with E-state index in [-0.39, 0.29) is 5.41 Å². The van der Waals surface area contributed by atoms with Gasteiger partial charge >= 0.3 is 0 Å². The molecule has 0 saturated heterocycles. The molecule has 4 aromatic carbocycles. The number of ether oxygens (including phenoxy) is 3. The molecule has 0 amide bonds. The minimum atomic E-state index is -0.00719. The first kappa shape index (κ1) is 28.9. The van der Waals surface area contributed by atoms with Crippen molar-refractivity contribution in [3.05, 3.63) is 85.7 Å². The van der Waals surface area contributed by atoms with Crippen LogP contribution in [0.25, 0.3) is 0 Å². The van der Waals surface area contributed by atoms with Gasteiger partial charge in [0, 0.05) is 19.0 Å². The van der Waals surface area contributed by atoms with E-state index in [1.165, 1.54) is 19.3 Å². The van der Waals surface area contributed by atoms with Crippen LogP contribution in [0.1, 0.15) is 44.1 Å². The van der Waals surface area contributed by atoms with Crippen molar-refractivity contribution in [3.63, 3.8) is 0 Å². The Morgan fingerprint density at radius 1 is 0.512 bits per heavy atom. The largest absolute Gasteiger partial charge is 0.451 e. The van der Waals surface area contributed by atoms with Gasteiger partial charge in [-0.2, -0.15) is 0 Å². The standard InChI is InChI=1S/C34H32Br3N3O3/c35-21-1-5-28(25(38)12-21)41-31-8-4-24(34-15-18-9-19(16-34)11-20(10-18)17-34)32(42-29-6-2-22(36)13-26(29)39)33(31)43-30-7-3-23(37)14-27(30)40/h1-8,12-14,18-20H,9-11,15-17,38-40H2. The molecular weight excluding hydrogens is 738 g/mol. The molecule has 6 N–H and O–H groups in total. The van der Waals surface area contributed by atoms with Crippen molar-refractivity contribution in [1.29, 1.82) is 0 Å². The average Bonchev–Trinajstić information content (AvgIpc) is 2.93. The molecule has 9 heteroatoms. The minimum Gasteiger partial charge on any atom is -0.451 e. The first-order chi connectivity index (χ1) is 20.7. The molecular formula is C34H32Br3N3O3. The van der Waals surface area contributed by atoms with E-state index in [1.54, 1.807) is 0 Å². The van der Waals surface area contributed by atoms with Crippen molar-refractivity contribution < 1.29 is 14.2 Å². The Morgan fingerprint density at radius 3 is 1.35 bits per heavy atom. The van der Waals surface area contributed by atoms with E-state index in [2.05, 4.69) is 53.9 Å². The number of halogens is 3. The van der Waals surface area contributed by atoms with Crippen LogP contribution in [-0.4, -0.2) is 0 Å². The van der Waals surface area contributed by atoms with Crippen molar-refractivity contribution in [2.45, 2.75) is 43.9 Å². The van der Waals surface area contributed by atoms with Gasteiger partial charge in [-0.05, 0) is 122 Å². The summed E-state index contributed by atoms with van der Waals surface area (Å²) in [4.78, 5) is 0. The van der Waals surface area contributed by atoms with E-state index < -0.39 is 0 Å². The Balaban J connectivity index is 1.43. The second-order valence-corrected chi connectivity index (χ2v) is 15.1. The summed E-state index contributed by atoms with van der Waals surface area (Å²) >= 11 is 10.5. The topological polar surface area (TPSA) is 106 Å². The van der Waals surface area contributed by atoms with Crippen LogP contribution in [-0.2, 0) is 5.41 Å². The predicted molar refractivity (Wildman–Crippen MR) is 182 cm³/mol.